The first-order valence-electron chi connectivity index (χ1n) is 9.94. The van der Waals surface area contributed by atoms with Crippen LogP contribution in [0.5, 0.6) is 0 Å². The van der Waals surface area contributed by atoms with E-state index in [4.69, 9.17) is 0 Å². The number of hydrogen-bond acceptors (Lipinski definition) is 5. The highest BCUT2D eigenvalue weighted by Gasteiger charge is 2.15. The van der Waals surface area contributed by atoms with Crippen LogP contribution in [0.1, 0.15) is 21.5 Å². The molecule has 0 aliphatic heterocycles. The van der Waals surface area contributed by atoms with E-state index >= 15 is 0 Å². The minimum atomic E-state index is -0.320. The largest absolute Gasteiger partial charge is 0.322 e. The number of aromatic nitrogens is 6. The summed E-state index contributed by atoms with van der Waals surface area (Å²) < 4.78 is 15.6. The molecule has 3 aromatic heterocycles. The van der Waals surface area contributed by atoms with E-state index in [9.17, 15) is 9.18 Å². The summed E-state index contributed by atoms with van der Waals surface area (Å²) >= 11 is 0. The molecule has 1 amide bonds. The highest BCUT2D eigenvalue weighted by Crippen LogP contribution is 2.24. The molecule has 9 heteroatoms. The third-order valence-electron chi connectivity index (χ3n) is 5.14. The summed E-state index contributed by atoms with van der Waals surface area (Å²) in [7, 11) is 0. The van der Waals surface area contributed by atoms with E-state index in [2.05, 4.69) is 25.8 Å². The number of pyridine rings is 1. The smallest absolute Gasteiger partial charge is 0.259 e. The summed E-state index contributed by atoms with van der Waals surface area (Å²) in [5, 5.41) is 19.6. The van der Waals surface area contributed by atoms with Gasteiger partial charge in [0.25, 0.3) is 5.91 Å². The van der Waals surface area contributed by atoms with Gasteiger partial charge in [0.05, 0.1) is 23.8 Å². The highest BCUT2D eigenvalue weighted by molar-refractivity contribution is 6.09. The maximum atomic E-state index is 13.9. The molecule has 0 aliphatic rings. The third kappa shape index (κ3) is 3.71. The number of anilines is 1. The van der Waals surface area contributed by atoms with Crippen molar-refractivity contribution in [2.24, 2.45) is 0 Å². The summed E-state index contributed by atoms with van der Waals surface area (Å²) in [6.45, 7) is 2.07. The molecule has 8 nitrogen and oxygen atoms in total. The Bertz CT molecular complexity index is 1440. The predicted octanol–water partition coefficient (Wildman–Crippen LogP) is 3.74. The van der Waals surface area contributed by atoms with Crippen molar-refractivity contribution in [1.29, 1.82) is 0 Å². The number of nitrogens with zero attached hydrogens (tertiary/aromatic N) is 6. The highest BCUT2D eigenvalue weighted by atomic mass is 19.1. The Morgan fingerprint density at radius 1 is 1.09 bits per heavy atom. The lowest BCUT2D eigenvalue weighted by atomic mass is 10.1. The van der Waals surface area contributed by atoms with Gasteiger partial charge < -0.3 is 5.32 Å². The van der Waals surface area contributed by atoms with Crippen LogP contribution in [0.15, 0.2) is 73.1 Å². The molecule has 0 atom stereocenters. The molecule has 0 bridgehead atoms. The van der Waals surface area contributed by atoms with Crippen molar-refractivity contribution in [2.75, 3.05) is 5.32 Å². The normalized spacial score (nSPS) is 11.1. The lowest BCUT2D eigenvalue weighted by molar-refractivity contribution is 0.102. The van der Waals surface area contributed by atoms with Crippen LogP contribution in [-0.2, 0) is 6.54 Å². The fourth-order valence-corrected chi connectivity index (χ4v) is 3.40. The van der Waals surface area contributed by atoms with Gasteiger partial charge in [-0.25, -0.2) is 8.91 Å². The van der Waals surface area contributed by atoms with E-state index < -0.39 is 0 Å². The number of rotatable bonds is 5. The lowest BCUT2D eigenvalue weighted by Gasteiger charge is -2.09. The van der Waals surface area contributed by atoms with Crippen molar-refractivity contribution in [3.05, 3.63) is 95.6 Å². The number of hydrogen-bond donors (Lipinski definition) is 1. The Balaban J connectivity index is 1.39. The van der Waals surface area contributed by atoms with Gasteiger partial charge in [-0.1, -0.05) is 36.4 Å². The van der Waals surface area contributed by atoms with Crippen molar-refractivity contribution >= 4 is 17.1 Å². The molecule has 0 saturated carbocycles. The zero-order valence-corrected chi connectivity index (χ0v) is 17.1. The molecule has 2 aromatic carbocycles. The van der Waals surface area contributed by atoms with E-state index in [1.54, 1.807) is 41.2 Å². The second-order valence-corrected chi connectivity index (χ2v) is 7.31. The number of amides is 1. The van der Waals surface area contributed by atoms with Crippen LogP contribution < -0.4 is 5.32 Å². The number of benzene rings is 2. The summed E-state index contributed by atoms with van der Waals surface area (Å²) in [5.41, 5.74) is 3.87. The topological polar surface area (TPSA) is 90.0 Å². The Morgan fingerprint density at radius 3 is 2.81 bits per heavy atom. The lowest BCUT2D eigenvalue weighted by Crippen LogP contribution is -2.12. The average molecular weight is 427 g/mol. The van der Waals surface area contributed by atoms with E-state index in [1.165, 1.54) is 10.9 Å². The summed E-state index contributed by atoms with van der Waals surface area (Å²) in [5.74, 6) is -0.199. The molecule has 0 aliphatic carbocycles. The number of tetrazole rings is 1. The molecule has 0 saturated heterocycles. The summed E-state index contributed by atoms with van der Waals surface area (Å²) in [6.07, 6.45) is 3.33. The van der Waals surface area contributed by atoms with Crippen LogP contribution in [0, 0.1) is 12.7 Å². The van der Waals surface area contributed by atoms with Crippen LogP contribution in [0.4, 0.5) is 10.1 Å². The van der Waals surface area contributed by atoms with Crippen LogP contribution in [0.3, 0.4) is 0 Å². The van der Waals surface area contributed by atoms with Crippen LogP contribution in [-0.4, -0.2) is 35.7 Å². The first-order chi connectivity index (χ1) is 15.6. The van der Waals surface area contributed by atoms with Crippen LogP contribution in [0.25, 0.3) is 16.9 Å². The van der Waals surface area contributed by atoms with Gasteiger partial charge in [0, 0.05) is 23.0 Å². The van der Waals surface area contributed by atoms with Gasteiger partial charge in [0.2, 0.25) is 5.82 Å². The summed E-state index contributed by atoms with van der Waals surface area (Å²) in [4.78, 5) is 14.2. The number of fused-ring (bicyclic) bond motifs is 1. The van der Waals surface area contributed by atoms with Crippen LogP contribution in [0.2, 0.25) is 0 Å². The molecule has 32 heavy (non-hydrogen) atoms. The summed E-state index contributed by atoms with van der Waals surface area (Å²) in [6, 6.07) is 17.5. The average Bonchev–Trinajstić information content (AvgIpc) is 3.44. The first-order valence-corrected chi connectivity index (χ1v) is 9.94. The maximum absolute atomic E-state index is 13.9. The van der Waals surface area contributed by atoms with Crippen molar-refractivity contribution < 1.29 is 9.18 Å². The molecule has 0 radical (unpaired) electrons. The fraction of sp³-hybridized carbons (Fsp3) is 0.0870. The van der Waals surface area contributed by atoms with Crippen molar-refractivity contribution in [2.45, 2.75) is 13.5 Å². The van der Waals surface area contributed by atoms with Gasteiger partial charge in [-0.2, -0.15) is 9.90 Å². The quantitative estimate of drug-likeness (QED) is 0.462. The molecule has 5 aromatic rings. The molecular formula is C23H18FN7O. The van der Waals surface area contributed by atoms with E-state index in [0.29, 0.717) is 28.2 Å². The van der Waals surface area contributed by atoms with Crippen molar-refractivity contribution in [3.63, 3.8) is 0 Å². The van der Waals surface area contributed by atoms with E-state index in [-0.39, 0.29) is 18.3 Å². The Morgan fingerprint density at radius 2 is 1.94 bits per heavy atom. The van der Waals surface area contributed by atoms with Crippen LogP contribution >= 0.6 is 0 Å². The molecule has 5 rings (SSSR count). The van der Waals surface area contributed by atoms with Crippen molar-refractivity contribution in [3.8, 4) is 11.4 Å². The van der Waals surface area contributed by atoms with Crippen molar-refractivity contribution in [1.82, 2.24) is 29.8 Å². The van der Waals surface area contributed by atoms with Gasteiger partial charge in [0.1, 0.15) is 5.82 Å². The minimum Gasteiger partial charge on any atom is -0.322 e. The second kappa shape index (κ2) is 8.03. The standard InChI is InChI=1S/C23H18FN7O/c1-15-9-10-16(22-27-29-31(28-22)14-17-6-2-3-7-19(17)24)12-20(15)26-23(32)18-13-25-30-11-5-4-8-21(18)30/h2-13H,14H2,1H3,(H,26,32). The number of carbonyl (C=O) groups excluding carboxylic acids is 1. The Labute approximate surface area is 182 Å². The number of carbonyl (C=O) groups is 1. The van der Waals surface area contributed by atoms with Gasteiger partial charge in [0.15, 0.2) is 0 Å². The molecular weight excluding hydrogens is 409 g/mol. The first kappa shape index (κ1) is 19.6. The zero-order chi connectivity index (χ0) is 22.1. The van der Waals surface area contributed by atoms with Gasteiger partial charge in [-0.05, 0) is 42.0 Å². The molecule has 0 unspecified atom stereocenters. The maximum Gasteiger partial charge on any atom is 0.259 e. The van der Waals surface area contributed by atoms with Gasteiger partial charge in [-0.15, -0.1) is 10.2 Å². The number of aryl methyl sites for hydroxylation is 1. The molecule has 158 valence electrons. The van der Waals surface area contributed by atoms with E-state index in [1.807, 2.05) is 37.3 Å². The Hall–Kier alpha value is -4.40. The zero-order valence-electron chi connectivity index (χ0n) is 17.1. The second-order valence-electron chi connectivity index (χ2n) is 7.31. The minimum absolute atomic E-state index is 0.170. The fourth-order valence-electron chi connectivity index (χ4n) is 3.40. The molecule has 0 spiro atoms. The SMILES string of the molecule is Cc1ccc(-c2nnn(Cc3ccccc3F)n2)cc1NC(=O)c1cnn2ccccc12. The van der Waals surface area contributed by atoms with Gasteiger partial charge in [-0.3, -0.25) is 4.79 Å². The van der Waals surface area contributed by atoms with E-state index in [0.717, 1.165) is 11.1 Å². The molecule has 3 heterocycles. The Kier molecular flexibility index (Phi) is 4.91. The monoisotopic (exact) mass is 427 g/mol. The van der Waals surface area contributed by atoms with Gasteiger partial charge >= 0.3 is 0 Å². The molecule has 1 N–H and O–H groups in total. The number of nitrogens with one attached hydrogen (secondary N) is 1. The predicted molar refractivity (Wildman–Crippen MR) is 117 cm³/mol. The number of halogens is 1. The molecule has 0 fully saturated rings. The third-order valence-corrected chi connectivity index (χ3v) is 5.14.